The molecule has 0 spiro atoms. The fourth-order valence-electron chi connectivity index (χ4n) is 2.04. The maximum atomic E-state index is 12.1. The van der Waals surface area contributed by atoms with E-state index in [-0.39, 0.29) is 12.5 Å². The molecule has 0 aliphatic heterocycles. The van der Waals surface area contributed by atoms with Crippen LogP contribution < -0.4 is 10.1 Å². The maximum absolute atomic E-state index is 12.1. The first-order valence-electron chi connectivity index (χ1n) is 7.16. The summed E-state index contributed by atoms with van der Waals surface area (Å²) >= 11 is 2.19. The highest BCUT2D eigenvalue weighted by Gasteiger charge is 2.11. The summed E-state index contributed by atoms with van der Waals surface area (Å²) < 4.78 is 11.4. The summed E-state index contributed by atoms with van der Waals surface area (Å²) in [6.07, 6.45) is 0. The Labute approximate surface area is 152 Å². The van der Waals surface area contributed by atoms with Crippen LogP contribution in [0.5, 0.6) is 5.75 Å². The molecule has 0 unspecified atom stereocenters. The van der Waals surface area contributed by atoms with Gasteiger partial charge in [0.05, 0.1) is 13.7 Å². The third-order valence-electron chi connectivity index (χ3n) is 3.32. The van der Waals surface area contributed by atoms with Crippen molar-refractivity contribution in [2.24, 2.45) is 0 Å². The van der Waals surface area contributed by atoms with Gasteiger partial charge >= 0.3 is 0 Å². The molecule has 0 aliphatic rings. The minimum absolute atomic E-state index is 0.175. The number of ether oxygens (including phenoxy) is 1. The van der Waals surface area contributed by atoms with Crippen LogP contribution in [0.3, 0.4) is 0 Å². The Morgan fingerprint density at radius 3 is 2.54 bits per heavy atom. The predicted octanol–water partition coefficient (Wildman–Crippen LogP) is 3.28. The zero-order valence-corrected chi connectivity index (χ0v) is 15.0. The van der Waals surface area contributed by atoms with Crippen LogP contribution in [0.2, 0.25) is 0 Å². The Bertz CT molecular complexity index is 829. The summed E-state index contributed by atoms with van der Waals surface area (Å²) in [7, 11) is 1.61. The van der Waals surface area contributed by atoms with E-state index in [0.29, 0.717) is 17.3 Å². The Kier molecular flexibility index (Phi) is 5.09. The average Bonchev–Trinajstić information content (AvgIpc) is 3.09. The lowest BCUT2D eigenvalue weighted by Gasteiger charge is -2.02. The van der Waals surface area contributed by atoms with Gasteiger partial charge in [-0.2, -0.15) is 4.98 Å². The summed E-state index contributed by atoms with van der Waals surface area (Å²) in [6, 6.07) is 14.6. The van der Waals surface area contributed by atoms with E-state index in [1.165, 1.54) is 0 Å². The molecular formula is C17H14IN3O3. The summed E-state index contributed by atoms with van der Waals surface area (Å²) in [5, 5.41) is 6.69. The minimum Gasteiger partial charge on any atom is -0.497 e. The first-order chi connectivity index (χ1) is 11.7. The van der Waals surface area contributed by atoms with Gasteiger partial charge in [0.25, 0.3) is 5.91 Å². The van der Waals surface area contributed by atoms with Gasteiger partial charge in [0.15, 0.2) is 0 Å². The number of methoxy groups -OCH3 is 1. The number of carbonyl (C=O) groups is 1. The highest BCUT2D eigenvalue weighted by Crippen LogP contribution is 2.19. The highest BCUT2D eigenvalue weighted by molar-refractivity contribution is 14.1. The largest absolute Gasteiger partial charge is 0.497 e. The third kappa shape index (κ3) is 3.91. The average molecular weight is 435 g/mol. The van der Waals surface area contributed by atoms with Crippen LogP contribution in [0.25, 0.3) is 11.4 Å². The highest BCUT2D eigenvalue weighted by atomic mass is 127. The number of hydrogen-bond donors (Lipinski definition) is 1. The van der Waals surface area contributed by atoms with Crippen LogP contribution >= 0.6 is 22.6 Å². The number of halogens is 1. The Balaban J connectivity index is 1.63. The monoisotopic (exact) mass is 435 g/mol. The van der Waals surface area contributed by atoms with Crippen LogP contribution in [0, 0.1) is 3.57 Å². The quantitative estimate of drug-likeness (QED) is 0.623. The number of rotatable bonds is 5. The Hall–Kier alpha value is -2.42. The summed E-state index contributed by atoms with van der Waals surface area (Å²) in [5.74, 6) is 1.39. The molecule has 6 nitrogen and oxygen atoms in total. The van der Waals surface area contributed by atoms with Gasteiger partial charge in [0, 0.05) is 14.7 Å². The lowest BCUT2D eigenvalue weighted by molar-refractivity contribution is 0.0946. The predicted molar refractivity (Wildman–Crippen MR) is 96.6 cm³/mol. The molecule has 1 heterocycles. The van der Waals surface area contributed by atoms with Gasteiger partial charge < -0.3 is 14.6 Å². The second kappa shape index (κ2) is 7.43. The number of nitrogens with one attached hydrogen (secondary N) is 1. The molecule has 1 aromatic heterocycles. The molecule has 0 aliphatic carbocycles. The van der Waals surface area contributed by atoms with Crippen molar-refractivity contribution < 1.29 is 14.1 Å². The summed E-state index contributed by atoms with van der Waals surface area (Å²) in [6.45, 7) is 0.175. The van der Waals surface area contributed by atoms with Gasteiger partial charge in [-0.15, -0.1) is 0 Å². The van der Waals surface area contributed by atoms with Crippen LogP contribution in [-0.2, 0) is 6.54 Å². The zero-order valence-electron chi connectivity index (χ0n) is 12.8. The van der Waals surface area contributed by atoms with Gasteiger partial charge in [-0.3, -0.25) is 4.79 Å². The summed E-state index contributed by atoms with van der Waals surface area (Å²) in [5.41, 5.74) is 1.40. The second-order valence-corrected chi connectivity index (χ2v) is 6.18. The van der Waals surface area contributed by atoms with E-state index in [0.717, 1.165) is 14.9 Å². The smallest absolute Gasteiger partial charge is 0.251 e. The molecule has 3 rings (SSSR count). The normalized spacial score (nSPS) is 10.4. The van der Waals surface area contributed by atoms with Gasteiger partial charge in [0.2, 0.25) is 11.7 Å². The molecule has 7 heteroatoms. The van der Waals surface area contributed by atoms with Crippen molar-refractivity contribution in [2.75, 3.05) is 7.11 Å². The Morgan fingerprint density at radius 1 is 1.17 bits per heavy atom. The number of benzene rings is 2. The first kappa shape index (κ1) is 16.4. The Morgan fingerprint density at radius 2 is 1.88 bits per heavy atom. The molecule has 0 saturated heterocycles. The van der Waals surface area contributed by atoms with Crippen molar-refractivity contribution in [1.82, 2.24) is 15.5 Å². The van der Waals surface area contributed by atoms with E-state index in [1.807, 2.05) is 36.4 Å². The summed E-state index contributed by atoms with van der Waals surface area (Å²) in [4.78, 5) is 16.3. The molecule has 0 atom stereocenters. The van der Waals surface area contributed by atoms with E-state index in [4.69, 9.17) is 9.26 Å². The van der Waals surface area contributed by atoms with Crippen LogP contribution in [0.15, 0.2) is 53.1 Å². The van der Waals surface area contributed by atoms with Crippen LogP contribution in [-0.4, -0.2) is 23.2 Å². The SMILES string of the molecule is COc1ccc(-c2noc(CNC(=O)c3ccc(I)cc3)n2)cc1. The molecule has 2 aromatic carbocycles. The van der Waals surface area contributed by atoms with E-state index >= 15 is 0 Å². The standard InChI is InChI=1S/C17H14IN3O3/c1-23-14-8-4-11(5-9-14)16-20-15(24-21-16)10-19-17(22)12-2-6-13(18)7-3-12/h2-9H,10H2,1H3,(H,19,22). The van der Waals surface area contributed by atoms with E-state index < -0.39 is 0 Å². The molecule has 24 heavy (non-hydrogen) atoms. The molecule has 3 aromatic rings. The number of aromatic nitrogens is 2. The topological polar surface area (TPSA) is 77.3 Å². The van der Waals surface area contributed by atoms with Gasteiger partial charge in [0.1, 0.15) is 5.75 Å². The number of carbonyl (C=O) groups excluding carboxylic acids is 1. The third-order valence-corrected chi connectivity index (χ3v) is 4.04. The molecule has 122 valence electrons. The molecule has 0 radical (unpaired) electrons. The molecular weight excluding hydrogens is 421 g/mol. The molecule has 1 N–H and O–H groups in total. The lowest BCUT2D eigenvalue weighted by Crippen LogP contribution is -2.22. The molecule has 0 saturated carbocycles. The van der Waals surface area contributed by atoms with Crippen molar-refractivity contribution in [3.8, 4) is 17.1 Å². The van der Waals surface area contributed by atoms with Crippen molar-refractivity contribution >= 4 is 28.5 Å². The minimum atomic E-state index is -0.185. The lowest BCUT2D eigenvalue weighted by atomic mass is 10.2. The molecule has 1 amide bonds. The van der Waals surface area contributed by atoms with E-state index in [2.05, 4.69) is 38.0 Å². The molecule has 0 bridgehead atoms. The van der Waals surface area contributed by atoms with Crippen molar-refractivity contribution in [1.29, 1.82) is 0 Å². The second-order valence-electron chi connectivity index (χ2n) is 4.93. The van der Waals surface area contributed by atoms with Crippen molar-refractivity contribution in [3.63, 3.8) is 0 Å². The maximum Gasteiger partial charge on any atom is 0.251 e. The zero-order chi connectivity index (χ0) is 16.9. The fourth-order valence-corrected chi connectivity index (χ4v) is 2.40. The number of nitrogens with zero attached hydrogens (tertiary/aromatic N) is 2. The van der Waals surface area contributed by atoms with Crippen LogP contribution in [0.1, 0.15) is 16.2 Å². The van der Waals surface area contributed by atoms with Crippen molar-refractivity contribution in [2.45, 2.75) is 6.54 Å². The number of hydrogen-bond acceptors (Lipinski definition) is 5. The van der Waals surface area contributed by atoms with Gasteiger partial charge in [-0.25, -0.2) is 0 Å². The van der Waals surface area contributed by atoms with E-state index in [9.17, 15) is 4.79 Å². The fraction of sp³-hybridized carbons (Fsp3) is 0.118. The van der Waals surface area contributed by atoms with Crippen LogP contribution in [0.4, 0.5) is 0 Å². The van der Waals surface area contributed by atoms with E-state index in [1.54, 1.807) is 19.2 Å². The van der Waals surface area contributed by atoms with Gasteiger partial charge in [-0.1, -0.05) is 5.16 Å². The first-order valence-corrected chi connectivity index (χ1v) is 8.24. The van der Waals surface area contributed by atoms with Crippen molar-refractivity contribution in [3.05, 3.63) is 63.6 Å². The van der Waals surface area contributed by atoms with Gasteiger partial charge in [-0.05, 0) is 71.1 Å². The molecule has 0 fully saturated rings. The number of amides is 1.